The third-order valence-corrected chi connectivity index (χ3v) is 5.52. The monoisotopic (exact) mass is 261 g/mol. The second-order valence-electron chi connectivity index (χ2n) is 3.75. The molecular formula is C9H11NO4S2. The standard InChI is InChI=1S/C9H11NO4S2/c1-3(11)5-7(12)10-6(9(13)14)4(2)15-16-8(5)10/h3,5,8,11H,1-2H3,(H,13,14)/t3-,5+,8-/m1/s1. The van der Waals surface area contributed by atoms with Crippen LogP contribution in [0.5, 0.6) is 0 Å². The molecule has 2 rings (SSSR count). The Balaban J connectivity index is 2.31. The third-order valence-electron chi connectivity index (χ3n) is 2.65. The number of carbonyl (C=O) groups is 2. The highest BCUT2D eigenvalue weighted by atomic mass is 33.1. The van der Waals surface area contributed by atoms with Crippen molar-refractivity contribution in [1.29, 1.82) is 0 Å². The number of β-lactam (4-membered cyclic amide) rings is 1. The maximum absolute atomic E-state index is 11.7. The molecule has 5 nitrogen and oxygen atoms in total. The molecule has 2 N–H and O–H groups in total. The maximum atomic E-state index is 11.7. The van der Waals surface area contributed by atoms with Crippen LogP contribution in [-0.2, 0) is 9.59 Å². The van der Waals surface area contributed by atoms with Crippen molar-refractivity contribution in [3.8, 4) is 0 Å². The Labute approximate surface area is 100 Å². The van der Waals surface area contributed by atoms with Crippen molar-refractivity contribution < 1.29 is 19.8 Å². The molecule has 2 aliphatic rings. The van der Waals surface area contributed by atoms with Gasteiger partial charge in [0.05, 0.1) is 12.0 Å². The van der Waals surface area contributed by atoms with E-state index in [0.717, 1.165) is 0 Å². The molecule has 88 valence electrons. The van der Waals surface area contributed by atoms with E-state index in [1.165, 1.54) is 26.5 Å². The van der Waals surface area contributed by atoms with Crippen molar-refractivity contribution in [2.75, 3.05) is 0 Å². The van der Waals surface area contributed by atoms with Crippen molar-refractivity contribution in [2.24, 2.45) is 5.92 Å². The number of aliphatic hydroxyl groups is 1. The first-order chi connectivity index (χ1) is 7.45. The highest BCUT2D eigenvalue weighted by molar-refractivity contribution is 8.78. The largest absolute Gasteiger partial charge is 0.477 e. The molecule has 16 heavy (non-hydrogen) atoms. The van der Waals surface area contributed by atoms with Crippen LogP contribution in [0.25, 0.3) is 0 Å². The van der Waals surface area contributed by atoms with Gasteiger partial charge in [-0.1, -0.05) is 21.6 Å². The van der Waals surface area contributed by atoms with Gasteiger partial charge in [0.1, 0.15) is 11.1 Å². The Morgan fingerprint density at radius 3 is 2.69 bits per heavy atom. The van der Waals surface area contributed by atoms with Crippen LogP contribution >= 0.6 is 21.6 Å². The summed E-state index contributed by atoms with van der Waals surface area (Å²) in [5.74, 6) is -1.88. The summed E-state index contributed by atoms with van der Waals surface area (Å²) in [6, 6.07) is 0. The molecular weight excluding hydrogens is 250 g/mol. The average Bonchev–Trinajstić information content (AvgIpc) is 2.17. The Hall–Kier alpha value is -0.660. The summed E-state index contributed by atoms with van der Waals surface area (Å²) in [5, 5.41) is 18.2. The summed E-state index contributed by atoms with van der Waals surface area (Å²) in [5.41, 5.74) is 0.0515. The Kier molecular flexibility index (Phi) is 2.93. The topological polar surface area (TPSA) is 77.8 Å². The van der Waals surface area contributed by atoms with Gasteiger partial charge in [0.25, 0.3) is 0 Å². The molecule has 1 saturated heterocycles. The van der Waals surface area contributed by atoms with E-state index >= 15 is 0 Å². The zero-order valence-corrected chi connectivity index (χ0v) is 10.3. The number of hydrogen-bond acceptors (Lipinski definition) is 5. The Bertz CT molecular complexity index is 393. The van der Waals surface area contributed by atoms with Crippen molar-refractivity contribution in [3.63, 3.8) is 0 Å². The van der Waals surface area contributed by atoms with Gasteiger partial charge in [-0.05, 0) is 13.8 Å². The molecule has 3 atom stereocenters. The molecule has 2 heterocycles. The number of aliphatic carboxylic acids is 1. The minimum atomic E-state index is -1.09. The number of carbonyl (C=O) groups excluding carboxylic acids is 1. The van der Waals surface area contributed by atoms with E-state index in [1.807, 2.05) is 0 Å². The predicted molar refractivity (Wildman–Crippen MR) is 61.3 cm³/mol. The summed E-state index contributed by atoms with van der Waals surface area (Å²) in [6.07, 6.45) is -0.740. The number of nitrogens with zero attached hydrogens (tertiary/aromatic N) is 1. The first-order valence-corrected chi connectivity index (χ1v) is 6.95. The van der Waals surface area contributed by atoms with Gasteiger partial charge in [0.15, 0.2) is 0 Å². The van der Waals surface area contributed by atoms with E-state index in [9.17, 15) is 14.7 Å². The van der Waals surface area contributed by atoms with Crippen LogP contribution in [-0.4, -0.2) is 38.5 Å². The molecule has 0 aromatic carbocycles. The number of carboxylic acids is 1. The van der Waals surface area contributed by atoms with Crippen LogP contribution in [0.4, 0.5) is 0 Å². The molecule has 0 aromatic heterocycles. The second kappa shape index (κ2) is 3.97. The number of amides is 1. The fourth-order valence-corrected chi connectivity index (χ4v) is 4.70. The van der Waals surface area contributed by atoms with Crippen molar-refractivity contribution in [3.05, 3.63) is 10.6 Å². The number of hydrogen-bond donors (Lipinski definition) is 2. The maximum Gasteiger partial charge on any atom is 0.353 e. The number of aliphatic hydroxyl groups excluding tert-OH is 1. The van der Waals surface area contributed by atoms with Crippen LogP contribution in [0, 0.1) is 5.92 Å². The van der Waals surface area contributed by atoms with Gasteiger partial charge in [-0.25, -0.2) is 4.79 Å². The number of carboxylic acid groups (broad SMARTS) is 1. The van der Waals surface area contributed by atoms with Crippen LogP contribution in [0.2, 0.25) is 0 Å². The lowest BCUT2D eigenvalue weighted by molar-refractivity contribution is -0.157. The van der Waals surface area contributed by atoms with Crippen LogP contribution < -0.4 is 0 Å². The highest BCUT2D eigenvalue weighted by Gasteiger charge is 2.55. The fourth-order valence-electron chi connectivity index (χ4n) is 1.86. The van der Waals surface area contributed by atoms with Crippen molar-refractivity contribution in [2.45, 2.75) is 25.3 Å². The first kappa shape index (κ1) is 11.8. The lowest BCUT2D eigenvalue weighted by Gasteiger charge is -2.49. The van der Waals surface area contributed by atoms with E-state index in [0.29, 0.717) is 4.91 Å². The molecule has 0 radical (unpaired) electrons. The molecule has 0 bridgehead atoms. The minimum absolute atomic E-state index is 0.0515. The number of allylic oxidation sites excluding steroid dienone is 1. The molecule has 0 saturated carbocycles. The Morgan fingerprint density at radius 1 is 1.56 bits per heavy atom. The van der Waals surface area contributed by atoms with Gasteiger partial charge >= 0.3 is 5.97 Å². The van der Waals surface area contributed by atoms with E-state index in [4.69, 9.17) is 5.11 Å². The predicted octanol–water partition coefficient (Wildman–Crippen LogP) is 0.863. The molecule has 1 amide bonds. The highest BCUT2D eigenvalue weighted by Crippen LogP contribution is 2.52. The number of rotatable bonds is 2. The molecule has 0 aromatic rings. The molecule has 7 heteroatoms. The summed E-state index contributed by atoms with van der Waals surface area (Å²) in [6.45, 7) is 3.23. The number of fused-ring (bicyclic) bond motifs is 1. The van der Waals surface area contributed by atoms with Gasteiger partial charge in [-0.3, -0.25) is 9.69 Å². The quantitative estimate of drug-likeness (QED) is 0.567. The zero-order valence-electron chi connectivity index (χ0n) is 8.71. The van der Waals surface area contributed by atoms with Gasteiger partial charge in [0, 0.05) is 4.91 Å². The van der Waals surface area contributed by atoms with Crippen molar-refractivity contribution >= 4 is 33.5 Å². The zero-order chi connectivity index (χ0) is 12.0. The van der Waals surface area contributed by atoms with Crippen molar-refractivity contribution in [1.82, 2.24) is 4.90 Å². The van der Waals surface area contributed by atoms with Crippen LogP contribution in [0.15, 0.2) is 10.6 Å². The third kappa shape index (κ3) is 1.54. The van der Waals surface area contributed by atoms with E-state index in [-0.39, 0.29) is 17.0 Å². The summed E-state index contributed by atoms with van der Waals surface area (Å²) < 4.78 is 0. The van der Waals surface area contributed by atoms with E-state index in [2.05, 4.69) is 0 Å². The molecule has 2 aliphatic heterocycles. The van der Waals surface area contributed by atoms with Gasteiger partial charge in [-0.15, -0.1) is 0 Å². The minimum Gasteiger partial charge on any atom is -0.477 e. The van der Waals surface area contributed by atoms with Gasteiger partial charge < -0.3 is 10.2 Å². The summed E-state index contributed by atoms with van der Waals surface area (Å²) in [4.78, 5) is 24.7. The molecule has 0 aliphatic carbocycles. The van der Waals surface area contributed by atoms with E-state index in [1.54, 1.807) is 13.8 Å². The lowest BCUT2D eigenvalue weighted by atomic mass is 9.92. The second-order valence-corrected chi connectivity index (χ2v) is 6.29. The van der Waals surface area contributed by atoms with Crippen LogP contribution in [0.3, 0.4) is 0 Å². The Morgan fingerprint density at radius 2 is 2.19 bits per heavy atom. The van der Waals surface area contributed by atoms with Gasteiger partial charge in [0.2, 0.25) is 5.91 Å². The average molecular weight is 261 g/mol. The van der Waals surface area contributed by atoms with Gasteiger partial charge in [-0.2, -0.15) is 0 Å². The first-order valence-electron chi connectivity index (χ1n) is 4.73. The molecule has 0 unspecified atom stereocenters. The summed E-state index contributed by atoms with van der Waals surface area (Å²) >= 11 is 0. The SMILES string of the molecule is CC1=C(C(=O)O)N2C(=O)[C@H]([C@@H](C)O)[C@H]2SS1. The van der Waals surface area contributed by atoms with E-state index < -0.39 is 18.0 Å². The normalized spacial score (nSPS) is 30.9. The smallest absolute Gasteiger partial charge is 0.353 e. The lowest BCUT2D eigenvalue weighted by Crippen LogP contribution is -2.63. The molecule has 0 spiro atoms. The van der Waals surface area contributed by atoms with Crippen LogP contribution in [0.1, 0.15) is 13.8 Å². The fraction of sp³-hybridized carbons (Fsp3) is 0.556. The molecule has 1 fully saturated rings. The summed E-state index contributed by atoms with van der Waals surface area (Å²) in [7, 11) is 2.77.